The average molecular weight is 390 g/mol. The van der Waals surface area contributed by atoms with Gasteiger partial charge in [0, 0.05) is 10.0 Å². The summed E-state index contributed by atoms with van der Waals surface area (Å²) >= 11 is 3.35. The highest BCUT2D eigenvalue weighted by atomic mass is 79.9. The molecule has 0 aliphatic carbocycles. The van der Waals surface area contributed by atoms with Crippen LogP contribution in [-0.2, 0) is 4.79 Å². The van der Waals surface area contributed by atoms with Crippen LogP contribution in [0.25, 0.3) is 0 Å². The zero-order valence-electron chi connectivity index (χ0n) is 13.0. The number of ether oxygens (including phenoxy) is 1. The van der Waals surface area contributed by atoms with E-state index < -0.39 is 5.91 Å². The fraction of sp³-hybridized carbons (Fsp3) is 0.118. The molecule has 0 aliphatic heterocycles. The Hall–Kier alpha value is -2.67. The summed E-state index contributed by atoms with van der Waals surface area (Å²) in [5.74, 6) is -0.205. The number of carbonyl (C=O) groups excluding carboxylic acids is 2. The van der Waals surface area contributed by atoms with Crippen LogP contribution in [0.3, 0.4) is 0 Å². The molecule has 0 saturated heterocycles. The van der Waals surface area contributed by atoms with Gasteiger partial charge in [-0.1, -0.05) is 34.1 Å². The second kappa shape index (κ2) is 8.83. The number of hydrazone groups is 1. The Bertz CT molecular complexity index is 762. The van der Waals surface area contributed by atoms with Crippen LogP contribution < -0.4 is 15.5 Å². The van der Waals surface area contributed by atoms with Crippen LogP contribution in [-0.4, -0.2) is 31.7 Å². The molecule has 0 bridgehead atoms. The summed E-state index contributed by atoms with van der Waals surface area (Å²) in [5.41, 5.74) is 3.61. The molecule has 2 N–H and O–H groups in total. The summed E-state index contributed by atoms with van der Waals surface area (Å²) in [5, 5.41) is 6.36. The minimum atomic E-state index is -0.419. The lowest BCUT2D eigenvalue weighted by Crippen LogP contribution is -2.34. The van der Waals surface area contributed by atoms with E-state index in [1.807, 2.05) is 24.3 Å². The topological polar surface area (TPSA) is 79.8 Å². The van der Waals surface area contributed by atoms with Crippen LogP contribution in [0.2, 0.25) is 0 Å². The summed E-state index contributed by atoms with van der Waals surface area (Å²) < 4.78 is 5.97. The Morgan fingerprint density at radius 3 is 2.75 bits per heavy atom. The number of nitrogens with zero attached hydrogens (tertiary/aromatic N) is 1. The third kappa shape index (κ3) is 5.51. The van der Waals surface area contributed by atoms with Gasteiger partial charge in [0.15, 0.2) is 0 Å². The molecule has 6 nitrogen and oxygen atoms in total. The number of hydrogen-bond donors (Lipinski definition) is 2. The normalized spacial score (nSPS) is 10.4. The van der Waals surface area contributed by atoms with Gasteiger partial charge in [-0.15, -0.1) is 0 Å². The molecule has 0 atom stereocenters. The van der Waals surface area contributed by atoms with Gasteiger partial charge in [0.25, 0.3) is 11.8 Å². The van der Waals surface area contributed by atoms with Crippen LogP contribution >= 0.6 is 15.9 Å². The predicted molar refractivity (Wildman–Crippen MR) is 95.2 cm³/mol. The largest absolute Gasteiger partial charge is 0.497 e. The molecule has 0 saturated carbocycles. The SMILES string of the molecule is COc1cccc(C(=O)NCC(=O)N/N=C/c2cccc(Br)c2)c1. The van der Waals surface area contributed by atoms with Crippen molar-refractivity contribution >= 4 is 34.0 Å². The Labute approximate surface area is 148 Å². The van der Waals surface area contributed by atoms with Crippen LogP contribution in [0.1, 0.15) is 15.9 Å². The average Bonchev–Trinajstić information content (AvgIpc) is 2.60. The fourth-order valence-electron chi connectivity index (χ4n) is 1.83. The lowest BCUT2D eigenvalue weighted by Gasteiger charge is -2.06. The van der Waals surface area contributed by atoms with Gasteiger partial charge in [0.05, 0.1) is 19.9 Å². The van der Waals surface area contributed by atoms with Crippen molar-refractivity contribution in [1.82, 2.24) is 10.7 Å². The van der Waals surface area contributed by atoms with Gasteiger partial charge in [-0.05, 0) is 35.9 Å². The van der Waals surface area contributed by atoms with Crippen molar-refractivity contribution in [3.63, 3.8) is 0 Å². The van der Waals surface area contributed by atoms with E-state index in [2.05, 4.69) is 31.8 Å². The van der Waals surface area contributed by atoms with Crippen LogP contribution in [0.5, 0.6) is 5.75 Å². The monoisotopic (exact) mass is 389 g/mol. The Morgan fingerprint density at radius 1 is 1.21 bits per heavy atom. The minimum absolute atomic E-state index is 0.175. The minimum Gasteiger partial charge on any atom is -0.497 e. The Balaban J connectivity index is 1.81. The third-order valence-electron chi connectivity index (χ3n) is 2.99. The molecule has 7 heteroatoms. The lowest BCUT2D eigenvalue weighted by molar-refractivity contribution is -0.120. The van der Waals surface area contributed by atoms with E-state index >= 15 is 0 Å². The zero-order valence-corrected chi connectivity index (χ0v) is 14.5. The number of hydrogen-bond acceptors (Lipinski definition) is 4. The molecule has 0 fully saturated rings. The first-order chi connectivity index (χ1) is 11.6. The number of methoxy groups -OCH3 is 1. The number of rotatable bonds is 6. The van der Waals surface area contributed by atoms with Gasteiger partial charge >= 0.3 is 0 Å². The van der Waals surface area contributed by atoms with Crippen LogP contribution in [0, 0.1) is 0 Å². The maximum Gasteiger partial charge on any atom is 0.259 e. The quantitative estimate of drug-likeness (QED) is 0.587. The highest BCUT2D eigenvalue weighted by Crippen LogP contribution is 2.12. The van der Waals surface area contributed by atoms with Crippen molar-refractivity contribution in [3.8, 4) is 5.75 Å². The molecule has 0 spiro atoms. The number of amides is 2. The summed E-state index contributed by atoms with van der Waals surface area (Å²) in [6.07, 6.45) is 1.52. The number of benzene rings is 2. The molecular formula is C17H16BrN3O3. The molecule has 2 rings (SSSR count). The van der Waals surface area contributed by atoms with E-state index in [0.717, 1.165) is 10.0 Å². The van der Waals surface area contributed by atoms with E-state index in [1.54, 1.807) is 24.3 Å². The van der Waals surface area contributed by atoms with E-state index in [-0.39, 0.29) is 12.5 Å². The number of halogens is 1. The predicted octanol–water partition coefficient (Wildman–Crippen LogP) is 2.34. The van der Waals surface area contributed by atoms with Crippen molar-refractivity contribution < 1.29 is 14.3 Å². The third-order valence-corrected chi connectivity index (χ3v) is 3.49. The highest BCUT2D eigenvalue weighted by Gasteiger charge is 2.08. The highest BCUT2D eigenvalue weighted by molar-refractivity contribution is 9.10. The molecule has 0 heterocycles. The van der Waals surface area contributed by atoms with Crippen molar-refractivity contribution in [2.75, 3.05) is 13.7 Å². The molecule has 0 aromatic heterocycles. The van der Waals surface area contributed by atoms with Gasteiger partial charge in [0.1, 0.15) is 5.75 Å². The van der Waals surface area contributed by atoms with Gasteiger partial charge in [-0.25, -0.2) is 5.43 Å². The summed E-state index contributed by atoms with van der Waals surface area (Å²) in [6.45, 7) is -0.175. The van der Waals surface area contributed by atoms with Crippen molar-refractivity contribution in [2.24, 2.45) is 5.10 Å². The molecule has 0 radical (unpaired) electrons. The Kier molecular flexibility index (Phi) is 6.51. The molecule has 2 amide bonds. The number of nitrogens with one attached hydrogen (secondary N) is 2. The Morgan fingerprint density at radius 2 is 2.00 bits per heavy atom. The van der Waals surface area contributed by atoms with E-state index in [1.165, 1.54) is 13.3 Å². The first-order valence-electron chi connectivity index (χ1n) is 7.08. The summed E-state index contributed by atoms with van der Waals surface area (Å²) in [4.78, 5) is 23.6. The smallest absolute Gasteiger partial charge is 0.259 e. The van der Waals surface area contributed by atoms with Crippen molar-refractivity contribution in [1.29, 1.82) is 0 Å². The van der Waals surface area contributed by atoms with Crippen LogP contribution in [0.15, 0.2) is 58.1 Å². The second-order valence-electron chi connectivity index (χ2n) is 4.76. The maximum absolute atomic E-state index is 12.0. The maximum atomic E-state index is 12.0. The van der Waals surface area contributed by atoms with Gasteiger partial charge in [-0.2, -0.15) is 5.10 Å². The van der Waals surface area contributed by atoms with Crippen molar-refractivity contribution in [3.05, 3.63) is 64.1 Å². The zero-order chi connectivity index (χ0) is 17.4. The standard InChI is InChI=1S/C17H16BrN3O3/c1-24-15-7-3-5-13(9-15)17(23)19-11-16(22)21-20-10-12-4-2-6-14(18)8-12/h2-10H,11H2,1H3,(H,19,23)(H,21,22)/b20-10+. The lowest BCUT2D eigenvalue weighted by atomic mass is 10.2. The summed E-state index contributed by atoms with van der Waals surface area (Å²) in [7, 11) is 1.52. The van der Waals surface area contributed by atoms with Crippen molar-refractivity contribution in [2.45, 2.75) is 0 Å². The first-order valence-corrected chi connectivity index (χ1v) is 7.87. The number of carbonyl (C=O) groups is 2. The molecule has 124 valence electrons. The molecule has 24 heavy (non-hydrogen) atoms. The molecule has 0 unspecified atom stereocenters. The fourth-order valence-corrected chi connectivity index (χ4v) is 2.25. The molecule has 2 aromatic carbocycles. The van der Waals surface area contributed by atoms with Gasteiger partial charge in [0.2, 0.25) is 0 Å². The first kappa shape index (κ1) is 17.7. The van der Waals surface area contributed by atoms with Gasteiger partial charge in [-0.3, -0.25) is 9.59 Å². The molecule has 0 aliphatic rings. The van der Waals surface area contributed by atoms with E-state index in [0.29, 0.717) is 11.3 Å². The summed E-state index contributed by atoms with van der Waals surface area (Å²) in [6, 6.07) is 14.1. The van der Waals surface area contributed by atoms with Gasteiger partial charge < -0.3 is 10.1 Å². The van der Waals surface area contributed by atoms with E-state index in [9.17, 15) is 9.59 Å². The van der Waals surface area contributed by atoms with E-state index in [4.69, 9.17) is 4.74 Å². The molecular weight excluding hydrogens is 374 g/mol. The molecule has 2 aromatic rings. The second-order valence-corrected chi connectivity index (χ2v) is 5.68. The van der Waals surface area contributed by atoms with Crippen LogP contribution in [0.4, 0.5) is 0 Å².